The lowest BCUT2D eigenvalue weighted by Crippen LogP contribution is -2.55. The smallest absolute Gasteiger partial charge is 0.336 e. The van der Waals surface area contributed by atoms with Crippen molar-refractivity contribution in [2.24, 2.45) is 4.99 Å². The number of benzene rings is 1. The van der Waals surface area contributed by atoms with Crippen molar-refractivity contribution >= 4 is 21.8 Å². The summed E-state index contributed by atoms with van der Waals surface area (Å²) in [5.74, 6) is -3.00. The average Bonchev–Trinajstić information content (AvgIpc) is 3.00. The van der Waals surface area contributed by atoms with E-state index in [-0.39, 0.29) is 4.90 Å². The van der Waals surface area contributed by atoms with Crippen LogP contribution in [0.25, 0.3) is 0 Å². The summed E-state index contributed by atoms with van der Waals surface area (Å²) in [7, 11) is -3.37. The predicted octanol–water partition coefficient (Wildman–Crippen LogP) is 2.81. The van der Waals surface area contributed by atoms with E-state index in [2.05, 4.69) is 16.9 Å². The van der Waals surface area contributed by atoms with Crippen LogP contribution in [0.3, 0.4) is 0 Å². The summed E-state index contributed by atoms with van der Waals surface area (Å²) >= 11 is 0. The van der Waals surface area contributed by atoms with Crippen LogP contribution in [0.2, 0.25) is 0 Å². The first-order valence-electron chi connectivity index (χ1n) is 9.44. The van der Waals surface area contributed by atoms with Gasteiger partial charge in [-0.05, 0) is 38.1 Å². The standard InChI is InChI=1S/C19H23F5N4O3S/c1-5-25-18(19(22,23)24)27(4)12(3)26-17(29)16-10-15(21)11(2)28(16)32(30,31)14-8-6-13(20)7-9-14/h5-9,11-12,15-16H,1,10H2,2-4H3,(H,26,29)/t11-,12?,15+,16-/m0/s1. The molecule has 13 heteroatoms. The Morgan fingerprint density at radius 3 is 2.41 bits per heavy atom. The molecule has 0 spiro atoms. The summed E-state index contributed by atoms with van der Waals surface area (Å²) in [6, 6.07) is 1.04. The van der Waals surface area contributed by atoms with E-state index in [0.29, 0.717) is 15.4 Å². The van der Waals surface area contributed by atoms with Crippen LogP contribution in [0.15, 0.2) is 46.9 Å². The van der Waals surface area contributed by atoms with Crippen molar-refractivity contribution in [2.75, 3.05) is 7.05 Å². The molecule has 0 aliphatic carbocycles. The van der Waals surface area contributed by atoms with Crippen molar-refractivity contribution in [2.45, 2.75) is 55.8 Å². The lowest BCUT2D eigenvalue weighted by molar-refractivity contribution is -0.126. The second kappa shape index (κ2) is 9.53. The van der Waals surface area contributed by atoms with Crippen LogP contribution in [0.5, 0.6) is 0 Å². The van der Waals surface area contributed by atoms with Gasteiger partial charge in [0.1, 0.15) is 18.0 Å². The number of rotatable bonds is 6. The lowest BCUT2D eigenvalue weighted by atomic mass is 10.1. The van der Waals surface area contributed by atoms with Crippen molar-refractivity contribution < 1.29 is 35.2 Å². The van der Waals surface area contributed by atoms with Gasteiger partial charge in [-0.15, -0.1) is 0 Å². The number of carbonyl (C=O) groups is 1. The van der Waals surface area contributed by atoms with E-state index in [1.165, 1.54) is 13.8 Å². The molecule has 1 aromatic carbocycles. The van der Waals surface area contributed by atoms with E-state index in [9.17, 15) is 35.2 Å². The molecule has 1 saturated heterocycles. The van der Waals surface area contributed by atoms with Gasteiger partial charge in [0.2, 0.25) is 21.8 Å². The van der Waals surface area contributed by atoms with E-state index in [1.807, 2.05) is 0 Å². The summed E-state index contributed by atoms with van der Waals surface area (Å²) in [6.07, 6.45) is -7.60. The Bertz CT molecular complexity index is 982. The number of amidine groups is 1. The Morgan fingerprint density at radius 1 is 1.34 bits per heavy atom. The molecule has 1 aromatic rings. The van der Waals surface area contributed by atoms with Crippen molar-refractivity contribution in [3.05, 3.63) is 42.9 Å². The number of hydrogen-bond acceptors (Lipinski definition) is 4. The van der Waals surface area contributed by atoms with E-state index < -0.39 is 64.6 Å². The normalized spacial score (nSPS) is 23.6. The van der Waals surface area contributed by atoms with Gasteiger partial charge in [-0.25, -0.2) is 22.2 Å². The minimum absolute atomic E-state index is 0.347. The van der Waals surface area contributed by atoms with Gasteiger partial charge in [-0.3, -0.25) is 4.79 Å². The van der Waals surface area contributed by atoms with Crippen molar-refractivity contribution in [1.29, 1.82) is 0 Å². The quantitative estimate of drug-likeness (QED) is 0.293. The van der Waals surface area contributed by atoms with Gasteiger partial charge in [-0.1, -0.05) is 6.58 Å². The first kappa shape index (κ1) is 25.7. The Morgan fingerprint density at radius 2 is 1.91 bits per heavy atom. The minimum Gasteiger partial charge on any atom is -0.336 e. The van der Waals surface area contributed by atoms with Gasteiger partial charge in [0.25, 0.3) is 0 Å². The highest BCUT2D eigenvalue weighted by atomic mass is 32.2. The molecule has 0 saturated carbocycles. The maximum absolute atomic E-state index is 14.4. The fourth-order valence-corrected chi connectivity index (χ4v) is 5.14. The fourth-order valence-electron chi connectivity index (χ4n) is 3.33. The molecule has 1 fully saturated rings. The van der Waals surface area contributed by atoms with Crippen LogP contribution < -0.4 is 5.32 Å². The van der Waals surface area contributed by atoms with E-state index in [1.54, 1.807) is 0 Å². The van der Waals surface area contributed by atoms with Crippen LogP contribution >= 0.6 is 0 Å². The van der Waals surface area contributed by atoms with E-state index in [4.69, 9.17) is 0 Å². The number of sulfonamides is 1. The lowest BCUT2D eigenvalue weighted by Gasteiger charge is -2.32. The molecule has 7 nitrogen and oxygen atoms in total. The van der Waals surface area contributed by atoms with Gasteiger partial charge in [0, 0.05) is 19.7 Å². The molecule has 0 bridgehead atoms. The third-order valence-corrected chi connectivity index (χ3v) is 7.12. The Labute approximate surface area is 182 Å². The fraction of sp³-hybridized carbons (Fsp3) is 0.474. The third kappa shape index (κ3) is 5.26. The van der Waals surface area contributed by atoms with Crippen molar-refractivity contribution in [3.63, 3.8) is 0 Å². The molecule has 0 radical (unpaired) electrons. The molecular formula is C19H23F5N4O3S. The molecule has 178 valence electrons. The van der Waals surface area contributed by atoms with Crippen molar-refractivity contribution in [3.8, 4) is 0 Å². The molecule has 1 aliphatic rings. The van der Waals surface area contributed by atoms with Crippen LogP contribution in [0, 0.1) is 5.82 Å². The zero-order chi connectivity index (χ0) is 24.4. The van der Waals surface area contributed by atoms with E-state index >= 15 is 0 Å². The summed E-state index contributed by atoms with van der Waals surface area (Å²) < 4.78 is 93.9. The number of carbonyl (C=O) groups excluding carboxylic acids is 1. The number of hydrogen-bond donors (Lipinski definition) is 1. The molecule has 32 heavy (non-hydrogen) atoms. The maximum atomic E-state index is 14.4. The number of nitrogens with zero attached hydrogens (tertiary/aromatic N) is 3. The molecule has 1 amide bonds. The molecule has 4 atom stereocenters. The van der Waals surface area contributed by atoms with E-state index in [0.717, 1.165) is 31.3 Å². The summed E-state index contributed by atoms with van der Waals surface area (Å²) in [5.41, 5.74) is 0. The Balaban J connectivity index is 2.30. The zero-order valence-corrected chi connectivity index (χ0v) is 18.3. The highest BCUT2D eigenvalue weighted by Crippen LogP contribution is 2.33. The topological polar surface area (TPSA) is 82.1 Å². The molecular weight excluding hydrogens is 459 g/mol. The second-order valence-electron chi connectivity index (χ2n) is 7.23. The average molecular weight is 482 g/mol. The minimum atomic E-state index is -4.84. The summed E-state index contributed by atoms with van der Waals surface area (Å²) in [5, 5.41) is 2.28. The molecule has 1 N–H and O–H groups in total. The van der Waals surface area contributed by atoms with Crippen LogP contribution in [0.4, 0.5) is 22.0 Å². The molecule has 2 rings (SSSR count). The number of nitrogens with one attached hydrogen (secondary N) is 1. The van der Waals surface area contributed by atoms with Crippen molar-refractivity contribution in [1.82, 2.24) is 14.5 Å². The summed E-state index contributed by atoms with van der Waals surface area (Å²) in [4.78, 5) is 16.3. The number of amides is 1. The molecule has 0 aromatic heterocycles. The highest BCUT2D eigenvalue weighted by Gasteiger charge is 2.49. The molecule has 1 aliphatic heterocycles. The number of alkyl halides is 4. The Hall–Kier alpha value is -2.54. The third-order valence-electron chi connectivity index (χ3n) is 5.11. The van der Waals surface area contributed by atoms with Crippen LogP contribution in [-0.2, 0) is 14.8 Å². The predicted molar refractivity (Wildman–Crippen MR) is 107 cm³/mol. The molecule has 1 heterocycles. The second-order valence-corrected chi connectivity index (χ2v) is 9.07. The number of halogens is 5. The maximum Gasteiger partial charge on any atom is 0.449 e. The largest absolute Gasteiger partial charge is 0.449 e. The van der Waals surface area contributed by atoms with Gasteiger partial charge >= 0.3 is 6.18 Å². The van der Waals surface area contributed by atoms with Crippen LogP contribution in [0.1, 0.15) is 20.3 Å². The zero-order valence-electron chi connectivity index (χ0n) is 17.5. The SMILES string of the molecule is C=CN=C(N(C)C(C)NC(=O)[C@@H]1C[C@@H](F)[C@H](C)N1S(=O)(=O)c1ccc(F)cc1)C(F)(F)F. The van der Waals surface area contributed by atoms with Gasteiger partial charge in [0.15, 0.2) is 0 Å². The monoisotopic (exact) mass is 482 g/mol. The van der Waals surface area contributed by atoms with Gasteiger partial charge < -0.3 is 10.2 Å². The van der Waals surface area contributed by atoms with Gasteiger partial charge in [0.05, 0.1) is 17.1 Å². The first-order chi connectivity index (χ1) is 14.7. The van der Waals surface area contributed by atoms with Gasteiger partial charge in [-0.2, -0.15) is 17.5 Å². The first-order valence-corrected chi connectivity index (χ1v) is 10.9. The molecule has 1 unspecified atom stereocenters. The number of aliphatic imine (C=N–C) groups is 1. The van der Waals surface area contributed by atoms with Crippen LogP contribution in [-0.4, -0.2) is 67.0 Å². The highest BCUT2D eigenvalue weighted by molar-refractivity contribution is 7.89. The Kier molecular flexibility index (Phi) is 7.66. The summed E-state index contributed by atoms with van der Waals surface area (Å²) in [6.45, 7) is 5.63.